The van der Waals surface area contributed by atoms with Crippen LogP contribution in [0.2, 0.25) is 0 Å². The van der Waals surface area contributed by atoms with Gasteiger partial charge in [-0.15, -0.1) is 0 Å². The highest BCUT2D eigenvalue weighted by molar-refractivity contribution is 4.56. The van der Waals surface area contributed by atoms with Gasteiger partial charge in [0.15, 0.2) is 0 Å². The fourth-order valence-corrected chi connectivity index (χ4v) is 4.65. The van der Waals surface area contributed by atoms with Gasteiger partial charge in [0, 0.05) is 0 Å². The number of hydrogen-bond acceptors (Lipinski definition) is 1. The standard InChI is InChI=1S/C29H60O/c1-4-5-6-7-8-9-10-11-12-13-14-15-16-17-19-22-25-28(2)26-23-20-18-21-24-27-29(3)30/h28-30H,4-27H2,1-3H3. The van der Waals surface area contributed by atoms with E-state index in [0.717, 1.165) is 12.3 Å². The minimum atomic E-state index is -0.107. The summed E-state index contributed by atoms with van der Waals surface area (Å²) in [6, 6.07) is 0. The molecule has 182 valence electrons. The first kappa shape index (κ1) is 30.0. The first-order chi connectivity index (χ1) is 14.7. The largest absolute Gasteiger partial charge is 0.393 e. The zero-order valence-electron chi connectivity index (χ0n) is 21.6. The van der Waals surface area contributed by atoms with E-state index in [4.69, 9.17) is 0 Å². The number of aliphatic hydroxyl groups excluding tert-OH is 1. The van der Waals surface area contributed by atoms with Gasteiger partial charge in [-0.3, -0.25) is 0 Å². The zero-order chi connectivity index (χ0) is 22.1. The summed E-state index contributed by atoms with van der Waals surface area (Å²) in [5.74, 6) is 0.925. The number of rotatable bonds is 25. The van der Waals surface area contributed by atoms with Crippen LogP contribution in [0.15, 0.2) is 0 Å². The normalized spacial score (nSPS) is 13.6. The smallest absolute Gasteiger partial charge is 0.0512 e. The molecule has 0 saturated carbocycles. The summed E-state index contributed by atoms with van der Waals surface area (Å²) in [5.41, 5.74) is 0. The lowest BCUT2D eigenvalue weighted by atomic mass is 9.95. The highest BCUT2D eigenvalue weighted by atomic mass is 16.3. The van der Waals surface area contributed by atoms with E-state index in [-0.39, 0.29) is 6.10 Å². The fraction of sp³-hybridized carbons (Fsp3) is 1.00. The molecule has 0 heterocycles. The molecule has 0 spiro atoms. The lowest BCUT2D eigenvalue weighted by Crippen LogP contribution is -1.98. The first-order valence-corrected chi connectivity index (χ1v) is 14.3. The number of hydrogen-bond donors (Lipinski definition) is 1. The maximum atomic E-state index is 9.26. The van der Waals surface area contributed by atoms with E-state index >= 15 is 0 Å². The van der Waals surface area contributed by atoms with E-state index < -0.39 is 0 Å². The summed E-state index contributed by atoms with van der Waals surface area (Å²) in [6.45, 7) is 6.66. The first-order valence-electron chi connectivity index (χ1n) is 14.3. The third kappa shape index (κ3) is 26.0. The lowest BCUT2D eigenvalue weighted by molar-refractivity contribution is 0.180. The van der Waals surface area contributed by atoms with Crippen molar-refractivity contribution in [2.45, 2.75) is 181 Å². The average molecular weight is 425 g/mol. The van der Waals surface area contributed by atoms with Gasteiger partial charge in [-0.2, -0.15) is 0 Å². The SMILES string of the molecule is CCCCCCCCCCCCCCCCCCC(C)CCCCCCCC(C)O. The second-order valence-corrected chi connectivity index (χ2v) is 10.4. The van der Waals surface area contributed by atoms with E-state index in [9.17, 15) is 5.11 Å². The molecule has 2 unspecified atom stereocenters. The summed E-state index contributed by atoms with van der Waals surface area (Å²) in [5, 5.41) is 9.26. The van der Waals surface area contributed by atoms with E-state index in [0.29, 0.717) is 0 Å². The molecule has 1 N–H and O–H groups in total. The summed E-state index contributed by atoms with van der Waals surface area (Å²) in [7, 11) is 0. The third-order valence-electron chi connectivity index (χ3n) is 6.87. The van der Waals surface area contributed by atoms with Crippen LogP contribution in [0.5, 0.6) is 0 Å². The highest BCUT2D eigenvalue weighted by Gasteiger charge is 2.02. The van der Waals surface area contributed by atoms with Crippen molar-refractivity contribution >= 4 is 0 Å². The summed E-state index contributed by atoms with van der Waals surface area (Å²) >= 11 is 0. The molecule has 0 aromatic heterocycles. The molecule has 2 atom stereocenters. The van der Waals surface area contributed by atoms with Gasteiger partial charge in [-0.25, -0.2) is 0 Å². The Morgan fingerprint density at radius 3 is 0.967 bits per heavy atom. The van der Waals surface area contributed by atoms with Gasteiger partial charge in [-0.05, 0) is 19.3 Å². The molecule has 0 aliphatic heterocycles. The molecule has 0 aromatic rings. The second kappa shape index (κ2) is 25.2. The van der Waals surface area contributed by atoms with Crippen molar-refractivity contribution in [1.82, 2.24) is 0 Å². The molecule has 1 nitrogen and oxygen atoms in total. The van der Waals surface area contributed by atoms with Crippen LogP contribution in [0.3, 0.4) is 0 Å². The summed E-state index contributed by atoms with van der Waals surface area (Å²) < 4.78 is 0. The van der Waals surface area contributed by atoms with Crippen molar-refractivity contribution in [2.24, 2.45) is 5.92 Å². The van der Waals surface area contributed by atoms with Crippen LogP contribution in [0.1, 0.15) is 175 Å². The maximum absolute atomic E-state index is 9.26. The van der Waals surface area contributed by atoms with Crippen LogP contribution in [0.25, 0.3) is 0 Å². The minimum absolute atomic E-state index is 0.107. The molecule has 0 aliphatic rings. The van der Waals surface area contributed by atoms with E-state index in [2.05, 4.69) is 13.8 Å². The molecule has 30 heavy (non-hydrogen) atoms. The number of unbranched alkanes of at least 4 members (excludes halogenated alkanes) is 19. The summed E-state index contributed by atoms with van der Waals surface area (Å²) in [6.07, 6.45) is 33.8. The highest BCUT2D eigenvalue weighted by Crippen LogP contribution is 2.19. The molecular weight excluding hydrogens is 364 g/mol. The monoisotopic (exact) mass is 424 g/mol. The fourth-order valence-electron chi connectivity index (χ4n) is 4.65. The van der Waals surface area contributed by atoms with Crippen molar-refractivity contribution in [2.75, 3.05) is 0 Å². The van der Waals surface area contributed by atoms with Crippen molar-refractivity contribution < 1.29 is 5.11 Å². The van der Waals surface area contributed by atoms with Crippen molar-refractivity contribution in [3.63, 3.8) is 0 Å². The average Bonchev–Trinajstić information content (AvgIpc) is 2.72. The van der Waals surface area contributed by atoms with Crippen molar-refractivity contribution in [3.8, 4) is 0 Å². The Hall–Kier alpha value is -0.0400. The van der Waals surface area contributed by atoms with Gasteiger partial charge in [0.25, 0.3) is 0 Å². The molecule has 0 bridgehead atoms. The third-order valence-corrected chi connectivity index (χ3v) is 6.87. The molecule has 0 rings (SSSR count). The van der Waals surface area contributed by atoms with Crippen LogP contribution >= 0.6 is 0 Å². The Labute approximate surface area is 192 Å². The van der Waals surface area contributed by atoms with Crippen LogP contribution in [-0.4, -0.2) is 11.2 Å². The summed E-state index contributed by atoms with van der Waals surface area (Å²) in [4.78, 5) is 0. The predicted octanol–water partition coefficient (Wildman–Crippen LogP) is 10.4. The zero-order valence-corrected chi connectivity index (χ0v) is 21.6. The molecule has 0 radical (unpaired) electrons. The van der Waals surface area contributed by atoms with Crippen molar-refractivity contribution in [1.29, 1.82) is 0 Å². The predicted molar refractivity (Wildman–Crippen MR) is 137 cm³/mol. The van der Waals surface area contributed by atoms with Crippen molar-refractivity contribution in [3.05, 3.63) is 0 Å². The Kier molecular flexibility index (Phi) is 25.2. The topological polar surface area (TPSA) is 20.2 Å². The van der Waals surface area contributed by atoms with Crippen LogP contribution in [0, 0.1) is 5.92 Å². The van der Waals surface area contributed by atoms with Crippen LogP contribution < -0.4 is 0 Å². The van der Waals surface area contributed by atoms with Gasteiger partial charge in [0.2, 0.25) is 0 Å². The van der Waals surface area contributed by atoms with Gasteiger partial charge in [0.1, 0.15) is 0 Å². The Morgan fingerprint density at radius 2 is 0.667 bits per heavy atom. The quantitative estimate of drug-likeness (QED) is 0.144. The minimum Gasteiger partial charge on any atom is -0.393 e. The Morgan fingerprint density at radius 1 is 0.400 bits per heavy atom. The molecule has 0 aromatic carbocycles. The number of aliphatic hydroxyl groups is 1. The lowest BCUT2D eigenvalue weighted by Gasteiger charge is -2.11. The van der Waals surface area contributed by atoms with Gasteiger partial charge >= 0.3 is 0 Å². The van der Waals surface area contributed by atoms with E-state index in [1.54, 1.807) is 0 Å². The van der Waals surface area contributed by atoms with E-state index in [1.807, 2.05) is 6.92 Å². The van der Waals surface area contributed by atoms with Gasteiger partial charge in [-0.1, -0.05) is 162 Å². The Bertz CT molecular complexity index is 299. The molecule has 0 saturated heterocycles. The van der Waals surface area contributed by atoms with Gasteiger partial charge in [0.05, 0.1) is 6.10 Å². The molecule has 0 aliphatic carbocycles. The molecular formula is C29H60O. The van der Waals surface area contributed by atoms with E-state index in [1.165, 1.54) is 148 Å². The second-order valence-electron chi connectivity index (χ2n) is 10.4. The molecule has 0 fully saturated rings. The maximum Gasteiger partial charge on any atom is 0.0512 e. The Balaban J connectivity index is 3.12. The molecule has 1 heteroatoms. The van der Waals surface area contributed by atoms with Crippen LogP contribution in [-0.2, 0) is 0 Å². The molecule has 0 amide bonds. The van der Waals surface area contributed by atoms with Gasteiger partial charge < -0.3 is 5.11 Å². The van der Waals surface area contributed by atoms with Crippen LogP contribution in [0.4, 0.5) is 0 Å².